The normalized spacial score (nSPS) is 27.3. The number of nitrogens with zero attached hydrogens (tertiary/aromatic N) is 1. The summed E-state index contributed by atoms with van der Waals surface area (Å²) in [4.78, 5) is 14.2. The van der Waals surface area contributed by atoms with Crippen LogP contribution in [-0.4, -0.2) is 54.2 Å². The highest BCUT2D eigenvalue weighted by atomic mass is 35.5. The van der Waals surface area contributed by atoms with Crippen molar-refractivity contribution in [3.63, 3.8) is 0 Å². The zero-order valence-corrected chi connectivity index (χ0v) is 11.8. The average molecular weight is 281 g/mol. The van der Waals surface area contributed by atoms with Gasteiger partial charge in [-0.1, -0.05) is 0 Å². The van der Waals surface area contributed by atoms with Crippen molar-refractivity contribution in [2.45, 2.75) is 30.8 Å². The molecule has 0 spiro atoms. The lowest BCUT2D eigenvalue weighted by atomic mass is 9.89. The minimum absolute atomic E-state index is 0. The lowest BCUT2D eigenvalue weighted by Crippen LogP contribution is -2.59. The molecule has 0 aromatic heterocycles. The molecule has 17 heavy (non-hydrogen) atoms. The first kappa shape index (κ1) is 15.1. The molecule has 6 heteroatoms. The van der Waals surface area contributed by atoms with Gasteiger partial charge in [0.1, 0.15) is 0 Å². The second-order valence-corrected chi connectivity index (χ2v) is 5.85. The number of thioether (sulfide) groups is 1. The van der Waals surface area contributed by atoms with Gasteiger partial charge in [0.05, 0.1) is 5.54 Å². The van der Waals surface area contributed by atoms with Gasteiger partial charge < -0.3 is 15.4 Å². The number of ether oxygens (including phenoxy) is 1. The Hall–Kier alpha value is 0.0300. The molecule has 2 saturated heterocycles. The number of amides is 1. The van der Waals surface area contributed by atoms with Crippen LogP contribution in [0.4, 0.5) is 0 Å². The molecule has 0 aliphatic carbocycles. The van der Waals surface area contributed by atoms with Crippen molar-refractivity contribution < 1.29 is 9.53 Å². The van der Waals surface area contributed by atoms with Crippen LogP contribution in [0, 0.1) is 0 Å². The summed E-state index contributed by atoms with van der Waals surface area (Å²) >= 11 is 1.91. The predicted molar refractivity (Wildman–Crippen MR) is 72.7 cm³/mol. The van der Waals surface area contributed by atoms with Crippen molar-refractivity contribution in [2.75, 3.05) is 31.8 Å². The number of likely N-dealkylation sites (N-methyl/N-ethyl adjacent to an activating group) is 1. The van der Waals surface area contributed by atoms with Crippen LogP contribution in [0.15, 0.2) is 0 Å². The molecular formula is C11H21ClN2O2S. The maximum absolute atomic E-state index is 12.3. The molecule has 0 radical (unpaired) electrons. The van der Waals surface area contributed by atoms with E-state index < -0.39 is 5.54 Å². The zero-order valence-electron chi connectivity index (χ0n) is 10.2. The number of halogens is 1. The van der Waals surface area contributed by atoms with Gasteiger partial charge in [0.2, 0.25) is 5.91 Å². The minimum Gasteiger partial charge on any atom is -0.381 e. The molecule has 100 valence electrons. The third-order valence-electron chi connectivity index (χ3n) is 3.58. The lowest BCUT2D eigenvalue weighted by Gasteiger charge is -2.37. The van der Waals surface area contributed by atoms with Gasteiger partial charge in [0.25, 0.3) is 0 Å². The SMILES string of the molecule is CN(C(=O)C1(N)CCOCC1)C1CCSC1.Cl. The van der Waals surface area contributed by atoms with Gasteiger partial charge in [-0.15, -0.1) is 12.4 Å². The highest BCUT2D eigenvalue weighted by Crippen LogP contribution is 2.26. The van der Waals surface area contributed by atoms with E-state index in [1.807, 2.05) is 23.7 Å². The molecule has 0 saturated carbocycles. The minimum atomic E-state index is -0.680. The van der Waals surface area contributed by atoms with Crippen LogP contribution in [0.3, 0.4) is 0 Å². The van der Waals surface area contributed by atoms with E-state index in [-0.39, 0.29) is 18.3 Å². The van der Waals surface area contributed by atoms with Gasteiger partial charge in [-0.25, -0.2) is 0 Å². The molecule has 2 N–H and O–H groups in total. The molecule has 2 aliphatic rings. The summed E-state index contributed by atoms with van der Waals surface area (Å²) in [5.41, 5.74) is 5.51. The Morgan fingerprint density at radius 1 is 1.47 bits per heavy atom. The van der Waals surface area contributed by atoms with E-state index in [0.717, 1.165) is 17.9 Å². The van der Waals surface area contributed by atoms with E-state index in [4.69, 9.17) is 10.5 Å². The van der Waals surface area contributed by atoms with E-state index in [1.54, 1.807) is 0 Å². The highest BCUT2D eigenvalue weighted by molar-refractivity contribution is 7.99. The molecule has 0 aromatic carbocycles. The van der Waals surface area contributed by atoms with Crippen molar-refractivity contribution >= 4 is 30.1 Å². The Balaban J connectivity index is 0.00000144. The van der Waals surface area contributed by atoms with Gasteiger partial charge in [-0.3, -0.25) is 4.79 Å². The summed E-state index contributed by atoms with van der Waals surface area (Å²) in [6, 6.07) is 0.376. The standard InChI is InChI=1S/C11H20N2O2S.ClH/c1-13(9-2-7-16-8-9)10(14)11(12)3-5-15-6-4-11;/h9H,2-8,12H2,1H3;1H. The Morgan fingerprint density at radius 3 is 2.65 bits per heavy atom. The van der Waals surface area contributed by atoms with Crippen LogP contribution in [-0.2, 0) is 9.53 Å². The van der Waals surface area contributed by atoms with E-state index in [0.29, 0.717) is 32.1 Å². The summed E-state index contributed by atoms with van der Waals surface area (Å²) < 4.78 is 5.27. The molecule has 2 rings (SSSR count). The van der Waals surface area contributed by atoms with Crippen LogP contribution in [0.5, 0.6) is 0 Å². The second kappa shape index (κ2) is 6.27. The number of hydrogen-bond acceptors (Lipinski definition) is 4. The number of rotatable bonds is 2. The molecule has 1 atom stereocenters. The van der Waals surface area contributed by atoms with Crippen LogP contribution in [0.25, 0.3) is 0 Å². The fourth-order valence-electron chi connectivity index (χ4n) is 2.29. The quantitative estimate of drug-likeness (QED) is 0.816. The van der Waals surface area contributed by atoms with E-state index >= 15 is 0 Å². The fourth-order valence-corrected chi connectivity index (χ4v) is 3.56. The molecule has 0 aromatic rings. The third kappa shape index (κ3) is 3.28. The van der Waals surface area contributed by atoms with Gasteiger partial charge in [-0.2, -0.15) is 11.8 Å². The maximum atomic E-state index is 12.3. The Kier molecular flexibility index (Phi) is 5.57. The lowest BCUT2D eigenvalue weighted by molar-refractivity contribution is -0.140. The second-order valence-electron chi connectivity index (χ2n) is 4.70. The molecule has 2 aliphatic heterocycles. The van der Waals surface area contributed by atoms with Gasteiger partial charge in [0, 0.05) is 32.1 Å². The Labute approximate surface area is 113 Å². The van der Waals surface area contributed by atoms with E-state index in [9.17, 15) is 4.79 Å². The summed E-state index contributed by atoms with van der Waals surface area (Å²) in [6.45, 7) is 1.21. The first-order valence-corrected chi connectivity index (χ1v) is 7.00. The third-order valence-corrected chi connectivity index (χ3v) is 4.73. The van der Waals surface area contributed by atoms with E-state index in [2.05, 4.69) is 0 Å². The average Bonchev–Trinajstić information content (AvgIpc) is 2.81. The molecule has 1 unspecified atom stereocenters. The van der Waals surface area contributed by atoms with Gasteiger partial charge in [-0.05, 0) is 25.0 Å². The summed E-state index contributed by atoms with van der Waals surface area (Å²) in [7, 11) is 1.89. The fraction of sp³-hybridized carbons (Fsp3) is 0.909. The number of carbonyl (C=O) groups excluding carboxylic acids is 1. The molecular weight excluding hydrogens is 260 g/mol. The molecule has 2 fully saturated rings. The monoisotopic (exact) mass is 280 g/mol. The summed E-state index contributed by atoms with van der Waals surface area (Å²) in [5, 5.41) is 0. The van der Waals surface area contributed by atoms with Crippen LogP contribution < -0.4 is 5.73 Å². The largest absolute Gasteiger partial charge is 0.381 e. The van der Waals surface area contributed by atoms with Crippen molar-refractivity contribution in [3.8, 4) is 0 Å². The predicted octanol–water partition coefficient (Wildman–Crippen LogP) is 0.880. The molecule has 4 nitrogen and oxygen atoms in total. The first-order chi connectivity index (χ1) is 7.63. The molecule has 0 bridgehead atoms. The van der Waals surface area contributed by atoms with Crippen molar-refractivity contribution in [2.24, 2.45) is 5.73 Å². The smallest absolute Gasteiger partial charge is 0.242 e. The number of hydrogen-bond donors (Lipinski definition) is 1. The van der Waals surface area contributed by atoms with Crippen molar-refractivity contribution in [3.05, 3.63) is 0 Å². The van der Waals surface area contributed by atoms with Crippen molar-refractivity contribution in [1.29, 1.82) is 0 Å². The van der Waals surface area contributed by atoms with Gasteiger partial charge >= 0.3 is 0 Å². The topological polar surface area (TPSA) is 55.6 Å². The highest BCUT2D eigenvalue weighted by Gasteiger charge is 2.40. The van der Waals surface area contributed by atoms with Crippen LogP contribution in [0.1, 0.15) is 19.3 Å². The zero-order chi connectivity index (χ0) is 11.6. The molecule has 1 amide bonds. The Morgan fingerprint density at radius 2 is 2.12 bits per heavy atom. The Bertz CT molecular complexity index is 266. The summed E-state index contributed by atoms with van der Waals surface area (Å²) in [6.07, 6.45) is 2.39. The van der Waals surface area contributed by atoms with Crippen molar-refractivity contribution in [1.82, 2.24) is 4.90 Å². The number of nitrogens with two attached hydrogens (primary N) is 1. The van der Waals surface area contributed by atoms with Crippen LogP contribution >= 0.6 is 24.2 Å². The van der Waals surface area contributed by atoms with E-state index in [1.165, 1.54) is 0 Å². The molecule has 2 heterocycles. The number of carbonyl (C=O) groups is 1. The van der Waals surface area contributed by atoms with Crippen LogP contribution in [0.2, 0.25) is 0 Å². The summed E-state index contributed by atoms with van der Waals surface area (Å²) in [5.74, 6) is 2.31. The first-order valence-electron chi connectivity index (χ1n) is 5.85. The van der Waals surface area contributed by atoms with Gasteiger partial charge in [0.15, 0.2) is 0 Å². The maximum Gasteiger partial charge on any atom is 0.242 e.